The van der Waals surface area contributed by atoms with Gasteiger partial charge in [0.25, 0.3) is 0 Å². The molecule has 4 nitrogen and oxygen atoms in total. The highest BCUT2D eigenvalue weighted by molar-refractivity contribution is 6.30. The number of rotatable bonds is 3. The zero-order chi connectivity index (χ0) is 14.8. The second-order valence-electron chi connectivity index (χ2n) is 5.46. The quantitative estimate of drug-likeness (QED) is 0.927. The molecule has 1 aromatic heterocycles. The van der Waals surface area contributed by atoms with E-state index in [0.717, 1.165) is 35.7 Å². The molecule has 0 radical (unpaired) electrons. The largest absolute Gasteiger partial charge is 0.372 e. The molecule has 1 aliphatic heterocycles. The van der Waals surface area contributed by atoms with Crippen LogP contribution in [0.2, 0.25) is 5.15 Å². The van der Waals surface area contributed by atoms with Crippen LogP contribution in [0.1, 0.15) is 24.0 Å². The molecule has 0 bridgehead atoms. The SMILES string of the molecule is Cc1c(Cl)nnc(Nc2ccc(N3CCCC3)cc2)c1C. The number of nitrogens with zero attached hydrogens (tertiary/aromatic N) is 3. The standard InChI is InChI=1S/C16H19ClN4/c1-11-12(2)16(20-19-15(11)17)18-13-5-7-14(8-6-13)21-9-3-4-10-21/h5-8H,3-4,9-10H2,1-2H3,(H,18,20). The number of hydrogen-bond acceptors (Lipinski definition) is 4. The minimum Gasteiger partial charge on any atom is -0.372 e. The first kappa shape index (κ1) is 14.1. The Balaban J connectivity index is 1.77. The maximum Gasteiger partial charge on any atom is 0.156 e. The van der Waals surface area contributed by atoms with Crippen LogP contribution in [-0.2, 0) is 0 Å². The lowest BCUT2D eigenvalue weighted by molar-refractivity contribution is 0.949. The molecule has 110 valence electrons. The third-order valence-corrected chi connectivity index (χ3v) is 4.43. The third kappa shape index (κ3) is 2.95. The predicted molar refractivity (Wildman–Crippen MR) is 87.7 cm³/mol. The molecule has 1 fully saturated rings. The van der Waals surface area contributed by atoms with Gasteiger partial charge in [-0.3, -0.25) is 0 Å². The molecule has 3 rings (SSSR count). The van der Waals surface area contributed by atoms with Crippen LogP contribution in [0, 0.1) is 13.8 Å². The van der Waals surface area contributed by atoms with Crippen LogP contribution >= 0.6 is 11.6 Å². The normalized spacial score (nSPS) is 14.5. The van der Waals surface area contributed by atoms with Gasteiger partial charge in [-0.2, -0.15) is 0 Å². The fourth-order valence-electron chi connectivity index (χ4n) is 2.56. The van der Waals surface area contributed by atoms with Crippen molar-refractivity contribution >= 4 is 28.8 Å². The Kier molecular flexibility index (Phi) is 3.97. The highest BCUT2D eigenvalue weighted by atomic mass is 35.5. The first-order valence-corrected chi connectivity index (χ1v) is 7.64. The van der Waals surface area contributed by atoms with Gasteiger partial charge in [-0.05, 0) is 62.1 Å². The van der Waals surface area contributed by atoms with E-state index >= 15 is 0 Å². The molecule has 2 heterocycles. The minimum absolute atomic E-state index is 0.461. The van der Waals surface area contributed by atoms with Crippen molar-refractivity contribution in [2.24, 2.45) is 0 Å². The van der Waals surface area contributed by atoms with Crippen LogP contribution in [0.4, 0.5) is 17.2 Å². The molecule has 0 atom stereocenters. The zero-order valence-corrected chi connectivity index (χ0v) is 13.1. The van der Waals surface area contributed by atoms with E-state index in [2.05, 4.69) is 44.7 Å². The molecule has 1 aliphatic rings. The summed E-state index contributed by atoms with van der Waals surface area (Å²) in [5.41, 5.74) is 4.28. The molecule has 0 saturated carbocycles. The Bertz CT molecular complexity index is 633. The Hall–Kier alpha value is -1.81. The Morgan fingerprint density at radius 1 is 1.00 bits per heavy atom. The molecule has 1 saturated heterocycles. The molecule has 1 aromatic carbocycles. The number of anilines is 3. The third-order valence-electron chi connectivity index (χ3n) is 4.07. The maximum absolute atomic E-state index is 5.98. The van der Waals surface area contributed by atoms with Crippen molar-refractivity contribution in [1.82, 2.24) is 10.2 Å². The van der Waals surface area contributed by atoms with Crippen molar-refractivity contribution < 1.29 is 0 Å². The molecule has 0 spiro atoms. The van der Waals surface area contributed by atoms with Crippen LogP contribution in [-0.4, -0.2) is 23.3 Å². The van der Waals surface area contributed by atoms with Crippen LogP contribution in [0.5, 0.6) is 0 Å². The average molecular weight is 303 g/mol. The van der Waals surface area contributed by atoms with E-state index < -0.39 is 0 Å². The summed E-state index contributed by atoms with van der Waals surface area (Å²) in [6, 6.07) is 8.47. The maximum atomic E-state index is 5.98. The van der Waals surface area contributed by atoms with Gasteiger partial charge in [0.1, 0.15) is 0 Å². The van der Waals surface area contributed by atoms with Gasteiger partial charge in [0, 0.05) is 24.5 Å². The van der Waals surface area contributed by atoms with Gasteiger partial charge in [0.05, 0.1) is 0 Å². The van der Waals surface area contributed by atoms with Gasteiger partial charge in [0.15, 0.2) is 11.0 Å². The summed E-state index contributed by atoms with van der Waals surface area (Å²) >= 11 is 5.98. The van der Waals surface area contributed by atoms with Gasteiger partial charge in [-0.25, -0.2) is 0 Å². The molecular formula is C16H19ClN4. The summed E-state index contributed by atoms with van der Waals surface area (Å²) in [6.45, 7) is 6.27. The first-order valence-electron chi connectivity index (χ1n) is 7.26. The van der Waals surface area contributed by atoms with Gasteiger partial charge in [0.2, 0.25) is 0 Å². The van der Waals surface area contributed by atoms with E-state index in [-0.39, 0.29) is 0 Å². The van der Waals surface area contributed by atoms with E-state index in [0.29, 0.717) is 5.15 Å². The van der Waals surface area contributed by atoms with Crippen molar-refractivity contribution in [1.29, 1.82) is 0 Å². The molecular weight excluding hydrogens is 284 g/mol. The molecule has 1 N–H and O–H groups in total. The molecule has 0 unspecified atom stereocenters. The lowest BCUT2D eigenvalue weighted by atomic mass is 10.2. The van der Waals surface area contributed by atoms with Gasteiger partial charge < -0.3 is 10.2 Å². The molecule has 5 heteroatoms. The number of benzene rings is 1. The van der Waals surface area contributed by atoms with Gasteiger partial charge in [-0.15, -0.1) is 10.2 Å². The highest BCUT2D eigenvalue weighted by Gasteiger charge is 2.12. The Morgan fingerprint density at radius 3 is 2.33 bits per heavy atom. The number of hydrogen-bond donors (Lipinski definition) is 1. The first-order chi connectivity index (χ1) is 10.1. The van der Waals surface area contributed by atoms with Crippen molar-refractivity contribution in [2.75, 3.05) is 23.3 Å². The predicted octanol–water partition coefficient (Wildman–Crippen LogP) is 4.09. The zero-order valence-electron chi connectivity index (χ0n) is 12.4. The summed E-state index contributed by atoms with van der Waals surface area (Å²) in [6.07, 6.45) is 2.58. The van der Waals surface area contributed by atoms with Crippen LogP contribution < -0.4 is 10.2 Å². The summed E-state index contributed by atoms with van der Waals surface area (Å²) in [7, 11) is 0. The topological polar surface area (TPSA) is 41.1 Å². The van der Waals surface area contributed by atoms with Crippen molar-refractivity contribution in [3.63, 3.8) is 0 Å². The summed E-state index contributed by atoms with van der Waals surface area (Å²) < 4.78 is 0. The summed E-state index contributed by atoms with van der Waals surface area (Å²) in [4.78, 5) is 2.42. The number of nitrogens with one attached hydrogen (secondary N) is 1. The van der Waals surface area contributed by atoms with E-state index in [1.807, 2.05) is 13.8 Å². The average Bonchev–Trinajstić information content (AvgIpc) is 3.03. The Morgan fingerprint density at radius 2 is 1.67 bits per heavy atom. The summed E-state index contributed by atoms with van der Waals surface area (Å²) in [5.74, 6) is 0.755. The number of halogens is 1. The van der Waals surface area contributed by atoms with E-state index in [9.17, 15) is 0 Å². The van der Waals surface area contributed by atoms with Crippen LogP contribution in [0.3, 0.4) is 0 Å². The fraction of sp³-hybridized carbons (Fsp3) is 0.375. The second-order valence-corrected chi connectivity index (χ2v) is 5.81. The van der Waals surface area contributed by atoms with Crippen molar-refractivity contribution in [2.45, 2.75) is 26.7 Å². The minimum atomic E-state index is 0.461. The monoisotopic (exact) mass is 302 g/mol. The van der Waals surface area contributed by atoms with Crippen LogP contribution in [0.25, 0.3) is 0 Å². The van der Waals surface area contributed by atoms with Gasteiger partial charge in [-0.1, -0.05) is 11.6 Å². The smallest absolute Gasteiger partial charge is 0.156 e. The molecule has 21 heavy (non-hydrogen) atoms. The van der Waals surface area contributed by atoms with Gasteiger partial charge >= 0.3 is 0 Å². The van der Waals surface area contributed by atoms with Crippen LogP contribution in [0.15, 0.2) is 24.3 Å². The lowest BCUT2D eigenvalue weighted by Crippen LogP contribution is -2.17. The van der Waals surface area contributed by atoms with E-state index in [1.165, 1.54) is 18.5 Å². The Labute approximate surface area is 130 Å². The van der Waals surface area contributed by atoms with Crippen molar-refractivity contribution in [3.8, 4) is 0 Å². The van der Waals surface area contributed by atoms with E-state index in [1.54, 1.807) is 0 Å². The molecule has 2 aromatic rings. The highest BCUT2D eigenvalue weighted by Crippen LogP contribution is 2.26. The summed E-state index contributed by atoms with van der Waals surface area (Å²) in [5, 5.41) is 11.9. The second kappa shape index (κ2) is 5.90. The van der Waals surface area contributed by atoms with Crippen molar-refractivity contribution in [3.05, 3.63) is 40.5 Å². The molecule has 0 amide bonds. The number of aromatic nitrogens is 2. The lowest BCUT2D eigenvalue weighted by Gasteiger charge is -2.18. The molecule has 0 aliphatic carbocycles. The van der Waals surface area contributed by atoms with E-state index in [4.69, 9.17) is 11.6 Å². The fourth-order valence-corrected chi connectivity index (χ4v) is 2.74.